The van der Waals surface area contributed by atoms with Crippen molar-refractivity contribution in [2.75, 3.05) is 29.6 Å². The van der Waals surface area contributed by atoms with Gasteiger partial charge in [0.2, 0.25) is 17.7 Å². The third kappa shape index (κ3) is 4.08. The Bertz CT molecular complexity index is 1030. The highest BCUT2D eigenvalue weighted by atomic mass is 19.4. The van der Waals surface area contributed by atoms with Crippen molar-refractivity contribution in [3.05, 3.63) is 46.0 Å². The average Bonchev–Trinajstić information content (AvgIpc) is 2.71. The summed E-state index contributed by atoms with van der Waals surface area (Å²) in [6, 6.07) is 0.111. The maximum atomic E-state index is 14.9. The zero-order chi connectivity index (χ0) is 22.3. The fourth-order valence-corrected chi connectivity index (χ4v) is 3.97. The molecule has 168 valence electrons. The Morgan fingerprint density at radius 2 is 2.03 bits per heavy atom. The largest absolute Gasteiger partial charge is 0.408 e. The van der Waals surface area contributed by atoms with Gasteiger partial charge in [-0.25, -0.2) is 4.98 Å². The Morgan fingerprint density at radius 1 is 1.26 bits per heavy atom. The normalized spacial score (nSPS) is 21.9. The number of aromatic nitrogens is 3. The number of hydrogen-bond donors (Lipinski definition) is 0. The third-order valence-electron chi connectivity index (χ3n) is 5.50. The quantitative estimate of drug-likeness (QED) is 0.535. The Morgan fingerprint density at radius 3 is 2.71 bits per heavy atom. The van der Waals surface area contributed by atoms with Crippen LogP contribution in [0.25, 0.3) is 0 Å². The molecule has 4 heterocycles. The summed E-state index contributed by atoms with van der Waals surface area (Å²) in [5.41, 5.74) is -0.819. The van der Waals surface area contributed by atoms with E-state index in [0.717, 1.165) is 21.7 Å². The molecule has 0 N–H and O–H groups in total. The molecule has 1 unspecified atom stereocenters. The van der Waals surface area contributed by atoms with Crippen molar-refractivity contribution in [1.29, 1.82) is 0 Å². The van der Waals surface area contributed by atoms with Crippen molar-refractivity contribution < 1.29 is 26.7 Å². The molecule has 4 rings (SSSR count). The lowest BCUT2D eigenvalue weighted by Gasteiger charge is -2.40. The highest BCUT2D eigenvalue weighted by molar-refractivity contribution is 5.49. The molecule has 0 saturated carbocycles. The summed E-state index contributed by atoms with van der Waals surface area (Å²) in [5, 5.41) is 0. The molecule has 2 atom stereocenters. The van der Waals surface area contributed by atoms with Crippen molar-refractivity contribution in [2.45, 2.75) is 44.7 Å². The fraction of sp³-hybridized carbons (Fsp3) is 0.526. The third-order valence-corrected chi connectivity index (χ3v) is 5.50. The van der Waals surface area contributed by atoms with Gasteiger partial charge in [0, 0.05) is 25.8 Å². The number of morpholine rings is 1. The van der Waals surface area contributed by atoms with Crippen LogP contribution in [0.15, 0.2) is 23.1 Å². The topological polar surface area (TPSA) is 63.5 Å². The molecule has 0 spiro atoms. The first kappa shape index (κ1) is 21.5. The summed E-state index contributed by atoms with van der Waals surface area (Å²) < 4.78 is 76.1. The molecule has 0 bridgehead atoms. The van der Waals surface area contributed by atoms with E-state index in [1.807, 2.05) is 0 Å². The number of fused-ring (bicyclic) bond motifs is 1. The van der Waals surface area contributed by atoms with E-state index in [1.54, 1.807) is 6.92 Å². The minimum Gasteiger partial charge on any atom is -0.377 e. The minimum absolute atomic E-state index is 0.218. The van der Waals surface area contributed by atoms with Crippen LogP contribution < -0.4 is 15.4 Å². The number of halogens is 5. The van der Waals surface area contributed by atoms with Crippen LogP contribution in [-0.4, -0.2) is 52.6 Å². The second-order valence-corrected chi connectivity index (χ2v) is 7.58. The van der Waals surface area contributed by atoms with Crippen LogP contribution in [-0.2, 0) is 17.8 Å². The predicted molar refractivity (Wildman–Crippen MR) is 101 cm³/mol. The lowest BCUT2D eigenvalue weighted by molar-refractivity contribution is -0.153. The van der Waals surface area contributed by atoms with Gasteiger partial charge < -0.3 is 14.5 Å². The molecule has 1 saturated heterocycles. The van der Waals surface area contributed by atoms with Gasteiger partial charge in [-0.15, -0.1) is 0 Å². The molecule has 2 aromatic heterocycles. The van der Waals surface area contributed by atoms with E-state index >= 15 is 0 Å². The second kappa shape index (κ2) is 8.06. The smallest absolute Gasteiger partial charge is 0.377 e. The molecule has 0 amide bonds. The number of pyridine rings is 1. The number of alkyl halides is 3. The Hall–Kier alpha value is -2.76. The van der Waals surface area contributed by atoms with Gasteiger partial charge in [-0.2, -0.15) is 26.9 Å². The minimum atomic E-state index is -4.63. The van der Waals surface area contributed by atoms with Crippen LogP contribution in [0.1, 0.15) is 18.9 Å². The van der Waals surface area contributed by atoms with Crippen LogP contribution in [0.5, 0.6) is 0 Å². The van der Waals surface area contributed by atoms with Crippen LogP contribution in [0.3, 0.4) is 0 Å². The fourth-order valence-electron chi connectivity index (χ4n) is 3.97. The molecule has 0 aliphatic carbocycles. The number of rotatable bonds is 3. The molecular formula is C19H20F5N5O2. The molecule has 12 heteroatoms. The van der Waals surface area contributed by atoms with Crippen molar-refractivity contribution >= 4 is 11.8 Å². The van der Waals surface area contributed by atoms with Gasteiger partial charge in [-0.3, -0.25) is 9.36 Å². The standard InChI is InChI=1S/C19H20F5N5O2/c1-11-10-31-7-6-27(11)16-15(21)17(30)28-5-3-13(19(22,23)24)29(18(28)26-16)9-12-2-4-25-14(20)8-12/h2,4,8,11,13H,3,5-7,9-10H2,1H3/t11-,13?/m1/s1. The van der Waals surface area contributed by atoms with Crippen LogP contribution in [0.4, 0.5) is 33.7 Å². The summed E-state index contributed by atoms with van der Waals surface area (Å²) in [6.45, 7) is 1.82. The van der Waals surface area contributed by atoms with E-state index in [4.69, 9.17) is 4.74 Å². The monoisotopic (exact) mass is 445 g/mol. The summed E-state index contributed by atoms with van der Waals surface area (Å²) in [7, 11) is 0. The molecule has 1 fully saturated rings. The SMILES string of the molecule is C[C@@H]1COCCN1c1nc2n(c(=O)c1F)CCC(C(F)(F)F)N2Cc1ccnc(F)c1. The molecule has 2 aliphatic heterocycles. The molecule has 0 aromatic carbocycles. The van der Waals surface area contributed by atoms with Crippen LogP contribution >= 0.6 is 0 Å². The first-order chi connectivity index (χ1) is 14.7. The van der Waals surface area contributed by atoms with E-state index in [0.29, 0.717) is 0 Å². The maximum Gasteiger partial charge on any atom is 0.408 e. The summed E-state index contributed by atoms with van der Waals surface area (Å²) in [5.74, 6) is -2.56. The van der Waals surface area contributed by atoms with Crippen molar-refractivity contribution in [3.8, 4) is 0 Å². The number of hydrogen-bond acceptors (Lipinski definition) is 6. The van der Waals surface area contributed by atoms with Crippen molar-refractivity contribution in [2.24, 2.45) is 0 Å². The highest BCUT2D eigenvalue weighted by Crippen LogP contribution is 2.36. The molecule has 7 nitrogen and oxygen atoms in total. The number of ether oxygens (including phenoxy) is 1. The van der Waals surface area contributed by atoms with Gasteiger partial charge >= 0.3 is 6.18 Å². The maximum absolute atomic E-state index is 14.9. The van der Waals surface area contributed by atoms with Gasteiger partial charge in [-0.05, 0) is 31.0 Å². The lowest BCUT2D eigenvalue weighted by atomic mass is 10.1. The first-order valence-corrected chi connectivity index (χ1v) is 9.75. The second-order valence-electron chi connectivity index (χ2n) is 7.58. The van der Waals surface area contributed by atoms with E-state index in [2.05, 4.69) is 9.97 Å². The van der Waals surface area contributed by atoms with Gasteiger partial charge in [-0.1, -0.05) is 0 Å². The van der Waals surface area contributed by atoms with Crippen LogP contribution in [0.2, 0.25) is 0 Å². The zero-order valence-electron chi connectivity index (χ0n) is 16.6. The number of anilines is 2. The summed E-state index contributed by atoms with van der Waals surface area (Å²) in [6.07, 6.45) is -3.95. The van der Waals surface area contributed by atoms with Crippen LogP contribution in [0, 0.1) is 11.8 Å². The Labute approximate surface area is 174 Å². The summed E-state index contributed by atoms with van der Waals surface area (Å²) in [4.78, 5) is 22.7. The van der Waals surface area contributed by atoms with Crippen molar-refractivity contribution in [1.82, 2.24) is 14.5 Å². The van der Waals surface area contributed by atoms with Gasteiger partial charge in [0.05, 0.1) is 19.3 Å². The average molecular weight is 445 g/mol. The van der Waals surface area contributed by atoms with E-state index < -0.39 is 36.0 Å². The van der Waals surface area contributed by atoms with E-state index in [9.17, 15) is 26.7 Å². The van der Waals surface area contributed by atoms with Gasteiger partial charge in [0.15, 0.2) is 5.82 Å². The van der Waals surface area contributed by atoms with E-state index in [-0.39, 0.29) is 56.2 Å². The van der Waals surface area contributed by atoms with E-state index in [1.165, 1.54) is 11.0 Å². The molecule has 0 radical (unpaired) electrons. The summed E-state index contributed by atoms with van der Waals surface area (Å²) >= 11 is 0. The van der Waals surface area contributed by atoms with Gasteiger partial charge in [0.1, 0.15) is 6.04 Å². The molecular weight excluding hydrogens is 425 g/mol. The predicted octanol–water partition coefficient (Wildman–Crippen LogP) is 2.48. The Balaban J connectivity index is 1.83. The van der Waals surface area contributed by atoms with Gasteiger partial charge in [0.25, 0.3) is 5.56 Å². The molecule has 2 aromatic rings. The molecule has 2 aliphatic rings. The molecule has 31 heavy (non-hydrogen) atoms. The van der Waals surface area contributed by atoms with Crippen molar-refractivity contribution in [3.63, 3.8) is 0 Å². The lowest BCUT2D eigenvalue weighted by Crippen LogP contribution is -2.53. The highest BCUT2D eigenvalue weighted by Gasteiger charge is 2.47. The first-order valence-electron chi connectivity index (χ1n) is 9.75. The Kier molecular flexibility index (Phi) is 5.58. The zero-order valence-corrected chi connectivity index (χ0v) is 16.6. The number of nitrogens with zero attached hydrogens (tertiary/aromatic N) is 5.